The van der Waals surface area contributed by atoms with Crippen LogP contribution in [0.4, 0.5) is 4.39 Å². The van der Waals surface area contributed by atoms with Crippen LogP contribution in [0.1, 0.15) is 23.6 Å². The molecule has 0 bridgehead atoms. The van der Waals surface area contributed by atoms with Gasteiger partial charge in [-0.05, 0) is 29.8 Å². The van der Waals surface area contributed by atoms with Crippen LogP contribution in [0.3, 0.4) is 0 Å². The van der Waals surface area contributed by atoms with Crippen LogP contribution in [0.2, 0.25) is 0 Å². The number of carbonyl (C=O) groups is 1. The van der Waals surface area contributed by atoms with Gasteiger partial charge in [0, 0.05) is 18.3 Å². The molecule has 5 heteroatoms. The van der Waals surface area contributed by atoms with Gasteiger partial charge in [-0.2, -0.15) is 0 Å². The number of fused-ring (bicyclic) bond motifs is 1. The third-order valence-corrected chi connectivity index (χ3v) is 3.45. The van der Waals surface area contributed by atoms with Crippen molar-refractivity contribution in [1.82, 2.24) is 9.38 Å². The summed E-state index contributed by atoms with van der Waals surface area (Å²) in [4.78, 5) is 15.5. The van der Waals surface area contributed by atoms with Gasteiger partial charge >= 0.3 is 5.97 Å². The summed E-state index contributed by atoms with van der Waals surface area (Å²) in [5, 5.41) is 9.17. The van der Waals surface area contributed by atoms with Gasteiger partial charge in [0.15, 0.2) is 0 Å². The molecule has 1 N–H and O–H groups in total. The van der Waals surface area contributed by atoms with E-state index in [1.54, 1.807) is 18.3 Å². The number of nitrogens with zero attached hydrogens (tertiary/aromatic N) is 2. The van der Waals surface area contributed by atoms with Crippen molar-refractivity contribution < 1.29 is 14.3 Å². The van der Waals surface area contributed by atoms with Crippen LogP contribution in [0, 0.1) is 5.82 Å². The number of benzene rings is 1. The molecule has 0 radical (unpaired) electrons. The average Bonchev–Trinajstić information content (AvgIpc) is 2.89. The molecule has 0 fully saturated rings. The molecule has 1 aromatic carbocycles. The lowest BCUT2D eigenvalue weighted by Gasteiger charge is -2.15. The first-order chi connectivity index (χ1) is 10.1. The largest absolute Gasteiger partial charge is 0.481 e. The SMILES string of the molecule is O=C(O)CC(c1ccc(F)cc1)c1cnc2ccccn12. The molecule has 0 aliphatic rings. The highest BCUT2D eigenvalue weighted by atomic mass is 19.1. The highest BCUT2D eigenvalue weighted by molar-refractivity contribution is 5.69. The second-order valence-corrected chi connectivity index (χ2v) is 4.81. The Morgan fingerprint density at radius 1 is 1.24 bits per heavy atom. The fraction of sp³-hybridized carbons (Fsp3) is 0.125. The van der Waals surface area contributed by atoms with Crippen LogP contribution < -0.4 is 0 Å². The van der Waals surface area contributed by atoms with Crippen molar-refractivity contribution in [2.45, 2.75) is 12.3 Å². The molecule has 106 valence electrons. The Morgan fingerprint density at radius 3 is 2.71 bits per heavy atom. The van der Waals surface area contributed by atoms with Gasteiger partial charge in [-0.15, -0.1) is 0 Å². The van der Waals surface area contributed by atoms with Crippen LogP contribution in [-0.4, -0.2) is 20.5 Å². The van der Waals surface area contributed by atoms with Crippen molar-refractivity contribution in [2.75, 3.05) is 0 Å². The Bertz CT molecular complexity index is 780. The zero-order valence-corrected chi connectivity index (χ0v) is 11.1. The molecule has 0 saturated heterocycles. The van der Waals surface area contributed by atoms with E-state index in [9.17, 15) is 9.18 Å². The molecular weight excluding hydrogens is 271 g/mol. The van der Waals surface area contributed by atoms with E-state index < -0.39 is 5.97 Å². The number of carboxylic acid groups (broad SMARTS) is 1. The molecule has 1 atom stereocenters. The summed E-state index contributed by atoms with van der Waals surface area (Å²) in [7, 11) is 0. The van der Waals surface area contributed by atoms with Gasteiger partial charge in [0.25, 0.3) is 0 Å². The molecule has 0 aliphatic heterocycles. The van der Waals surface area contributed by atoms with Crippen molar-refractivity contribution in [3.8, 4) is 0 Å². The lowest BCUT2D eigenvalue weighted by Crippen LogP contribution is -2.10. The van der Waals surface area contributed by atoms with E-state index in [4.69, 9.17) is 5.11 Å². The van der Waals surface area contributed by atoms with E-state index in [1.807, 2.05) is 28.8 Å². The zero-order chi connectivity index (χ0) is 14.8. The van der Waals surface area contributed by atoms with Gasteiger partial charge < -0.3 is 9.51 Å². The van der Waals surface area contributed by atoms with E-state index in [-0.39, 0.29) is 18.2 Å². The maximum absolute atomic E-state index is 13.1. The summed E-state index contributed by atoms with van der Waals surface area (Å²) in [5.74, 6) is -1.62. The second kappa shape index (κ2) is 5.36. The number of carboxylic acids is 1. The lowest BCUT2D eigenvalue weighted by atomic mass is 9.93. The fourth-order valence-electron chi connectivity index (χ4n) is 2.47. The molecule has 0 amide bonds. The summed E-state index contributed by atoms with van der Waals surface area (Å²) in [6.45, 7) is 0. The van der Waals surface area contributed by atoms with Gasteiger partial charge in [0.2, 0.25) is 0 Å². The number of halogens is 1. The van der Waals surface area contributed by atoms with Crippen LogP contribution in [0.15, 0.2) is 54.9 Å². The standard InChI is InChI=1S/C16H13FN2O2/c17-12-6-4-11(5-7-12)13(9-16(20)21)14-10-18-15-3-1-2-8-19(14)15/h1-8,10,13H,9H2,(H,20,21). The predicted octanol–water partition coefficient (Wildman–Crippen LogP) is 3.08. The first-order valence-electron chi connectivity index (χ1n) is 6.54. The first kappa shape index (κ1) is 13.3. The Balaban J connectivity index is 2.11. The van der Waals surface area contributed by atoms with Crippen molar-refractivity contribution in [3.05, 3.63) is 71.9 Å². The number of hydrogen-bond acceptors (Lipinski definition) is 2. The third-order valence-electron chi connectivity index (χ3n) is 3.45. The number of pyridine rings is 1. The fourth-order valence-corrected chi connectivity index (χ4v) is 2.47. The maximum atomic E-state index is 13.1. The Kier molecular flexibility index (Phi) is 3.39. The maximum Gasteiger partial charge on any atom is 0.304 e. The molecule has 2 heterocycles. The van der Waals surface area contributed by atoms with E-state index in [0.29, 0.717) is 0 Å². The van der Waals surface area contributed by atoms with Gasteiger partial charge in [-0.3, -0.25) is 4.79 Å². The molecule has 3 aromatic rings. The summed E-state index contributed by atoms with van der Waals surface area (Å²) < 4.78 is 14.9. The van der Waals surface area contributed by atoms with Crippen molar-refractivity contribution in [2.24, 2.45) is 0 Å². The van der Waals surface area contributed by atoms with Crippen molar-refractivity contribution >= 4 is 11.6 Å². The van der Waals surface area contributed by atoms with E-state index in [0.717, 1.165) is 16.9 Å². The topological polar surface area (TPSA) is 54.6 Å². The van der Waals surface area contributed by atoms with Crippen LogP contribution in [-0.2, 0) is 4.79 Å². The summed E-state index contributed by atoms with van der Waals surface area (Å²) >= 11 is 0. The molecule has 0 saturated carbocycles. The minimum atomic E-state index is -0.907. The molecule has 4 nitrogen and oxygen atoms in total. The number of hydrogen-bond donors (Lipinski definition) is 1. The lowest BCUT2D eigenvalue weighted by molar-refractivity contribution is -0.137. The number of aliphatic carboxylic acids is 1. The first-order valence-corrected chi connectivity index (χ1v) is 6.54. The smallest absolute Gasteiger partial charge is 0.304 e. The van der Waals surface area contributed by atoms with Crippen LogP contribution >= 0.6 is 0 Å². The molecule has 21 heavy (non-hydrogen) atoms. The van der Waals surface area contributed by atoms with E-state index in [2.05, 4.69) is 4.98 Å². The number of rotatable bonds is 4. The number of aromatic nitrogens is 2. The average molecular weight is 284 g/mol. The quantitative estimate of drug-likeness (QED) is 0.801. The Morgan fingerprint density at radius 2 is 2.00 bits per heavy atom. The molecule has 1 unspecified atom stereocenters. The van der Waals surface area contributed by atoms with Gasteiger partial charge in [-0.25, -0.2) is 9.37 Å². The molecular formula is C16H13FN2O2. The normalized spacial score (nSPS) is 12.4. The second-order valence-electron chi connectivity index (χ2n) is 4.81. The highest BCUT2D eigenvalue weighted by Crippen LogP contribution is 2.28. The molecule has 3 rings (SSSR count). The predicted molar refractivity (Wildman–Crippen MR) is 75.7 cm³/mol. The zero-order valence-electron chi connectivity index (χ0n) is 11.1. The Labute approximate surface area is 120 Å². The third kappa shape index (κ3) is 2.63. The van der Waals surface area contributed by atoms with E-state index >= 15 is 0 Å². The Hall–Kier alpha value is -2.69. The van der Waals surface area contributed by atoms with Crippen LogP contribution in [0.5, 0.6) is 0 Å². The minimum Gasteiger partial charge on any atom is -0.481 e. The highest BCUT2D eigenvalue weighted by Gasteiger charge is 2.21. The summed E-state index contributed by atoms with van der Waals surface area (Å²) in [5.41, 5.74) is 2.29. The van der Waals surface area contributed by atoms with Crippen molar-refractivity contribution in [3.63, 3.8) is 0 Å². The number of imidazole rings is 1. The minimum absolute atomic E-state index is 0.0751. The molecule has 0 spiro atoms. The summed E-state index contributed by atoms with van der Waals surface area (Å²) in [6.07, 6.45) is 3.44. The van der Waals surface area contributed by atoms with Crippen LogP contribution in [0.25, 0.3) is 5.65 Å². The molecule has 2 aromatic heterocycles. The van der Waals surface area contributed by atoms with E-state index in [1.165, 1.54) is 12.1 Å². The van der Waals surface area contributed by atoms with Gasteiger partial charge in [0.05, 0.1) is 12.1 Å². The van der Waals surface area contributed by atoms with Gasteiger partial charge in [-0.1, -0.05) is 18.2 Å². The van der Waals surface area contributed by atoms with Crippen molar-refractivity contribution in [1.29, 1.82) is 0 Å². The summed E-state index contributed by atoms with van der Waals surface area (Å²) in [6, 6.07) is 11.5. The molecule has 0 aliphatic carbocycles. The monoisotopic (exact) mass is 284 g/mol. The van der Waals surface area contributed by atoms with Gasteiger partial charge in [0.1, 0.15) is 11.5 Å².